The van der Waals surface area contributed by atoms with E-state index in [0.29, 0.717) is 27.7 Å². The van der Waals surface area contributed by atoms with Crippen molar-refractivity contribution in [2.45, 2.75) is 44.6 Å². The van der Waals surface area contributed by atoms with Crippen LogP contribution in [0.1, 0.15) is 38.5 Å². The van der Waals surface area contributed by atoms with Gasteiger partial charge in [-0.15, -0.1) is 0 Å². The molecule has 1 fully saturated rings. The van der Waals surface area contributed by atoms with Crippen molar-refractivity contribution >= 4 is 34.8 Å². The summed E-state index contributed by atoms with van der Waals surface area (Å²) in [5.41, 5.74) is 1.62. The van der Waals surface area contributed by atoms with Gasteiger partial charge in [0, 0.05) is 6.04 Å². The summed E-state index contributed by atoms with van der Waals surface area (Å²) in [6.07, 6.45) is 8.75. The zero-order chi connectivity index (χ0) is 18.8. The summed E-state index contributed by atoms with van der Waals surface area (Å²) >= 11 is 12.9. The van der Waals surface area contributed by atoms with Crippen molar-refractivity contribution in [2.24, 2.45) is 0 Å². The van der Waals surface area contributed by atoms with E-state index in [2.05, 4.69) is 20.4 Å². The second-order valence-electron chi connectivity index (χ2n) is 6.78. The summed E-state index contributed by atoms with van der Waals surface area (Å²) in [7, 11) is 1.59. The van der Waals surface area contributed by atoms with Gasteiger partial charge >= 0.3 is 0 Å². The third-order valence-corrected chi connectivity index (χ3v) is 5.59. The molecule has 27 heavy (non-hydrogen) atoms. The molecule has 1 saturated carbocycles. The number of nitrogens with one attached hydrogen (secondary N) is 1. The minimum absolute atomic E-state index is 0.367. The molecule has 2 aromatic heterocycles. The van der Waals surface area contributed by atoms with Crippen LogP contribution >= 0.6 is 23.2 Å². The van der Waals surface area contributed by atoms with Crippen LogP contribution in [0.4, 0.5) is 5.82 Å². The first kappa shape index (κ1) is 18.3. The fraction of sp³-hybridized carbons (Fsp3) is 0.421. The van der Waals surface area contributed by atoms with Gasteiger partial charge in [-0.3, -0.25) is 0 Å². The fourth-order valence-corrected chi connectivity index (χ4v) is 4.18. The molecule has 0 amide bonds. The average molecular weight is 406 g/mol. The Bertz CT molecular complexity index is 951. The lowest BCUT2D eigenvalue weighted by molar-refractivity contribution is 0.415. The van der Waals surface area contributed by atoms with Crippen LogP contribution in [0.25, 0.3) is 16.9 Å². The second-order valence-corrected chi connectivity index (χ2v) is 7.55. The SMILES string of the molecule is COc1ccc(-c2c(Cl)nc3ncnn3c2NC2CCCCCC2)cc1Cl. The molecule has 0 radical (unpaired) electrons. The predicted molar refractivity (Wildman–Crippen MR) is 108 cm³/mol. The van der Waals surface area contributed by atoms with Crippen molar-refractivity contribution in [3.05, 3.63) is 34.7 Å². The highest BCUT2D eigenvalue weighted by molar-refractivity contribution is 6.34. The Morgan fingerprint density at radius 2 is 1.93 bits per heavy atom. The molecule has 1 N–H and O–H groups in total. The highest BCUT2D eigenvalue weighted by atomic mass is 35.5. The minimum Gasteiger partial charge on any atom is -0.495 e. The van der Waals surface area contributed by atoms with Crippen molar-refractivity contribution in [2.75, 3.05) is 12.4 Å². The van der Waals surface area contributed by atoms with Gasteiger partial charge in [-0.05, 0) is 30.5 Å². The molecule has 0 saturated heterocycles. The smallest absolute Gasteiger partial charge is 0.255 e. The largest absolute Gasteiger partial charge is 0.495 e. The summed E-state index contributed by atoms with van der Waals surface area (Å²) in [5.74, 6) is 1.89. The van der Waals surface area contributed by atoms with Gasteiger partial charge in [-0.2, -0.15) is 19.6 Å². The van der Waals surface area contributed by atoms with Gasteiger partial charge in [0.1, 0.15) is 23.0 Å². The maximum Gasteiger partial charge on any atom is 0.255 e. The van der Waals surface area contributed by atoms with Gasteiger partial charge in [0.2, 0.25) is 0 Å². The molecule has 8 heteroatoms. The number of anilines is 1. The molecule has 0 unspecified atom stereocenters. The quantitative estimate of drug-likeness (QED) is 0.474. The van der Waals surface area contributed by atoms with E-state index >= 15 is 0 Å². The Morgan fingerprint density at radius 1 is 1.15 bits per heavy atom. The summed E-state index contributed by atoms with van der Waals surface area (Å²) in [5, 5.41) is 8.91. The van der Waals surface area contributed by atoms with Gasteiger partial charge in [0.25, 0.3) is 5.78 Å². The molecule has 142 valence electrons. The van der Waals surface area contributed by atoms with Gasteiger partial charge in [-0.1, -0.05) is 55.0 Å². The molecular weight excluding hydrogens is 385 g/mol. The van der Waals surface area contributed by atoms with Crippen LogP contribution in [0.3, 0.4) is 0 Å². The highest BCUT2D eigenvalue weighted by Crippen LogP contribution is 2.38. The van der Waals surface area contributed by atoms with Gasteiger partial charge in [-0.25, -0.2) is 0 Å². The maximum absolute atomic E-state index is 6.57. The average Bonchev–Trinajstić information content (AvgIpc) is 2.97. The van der Waals surface area contributed by atoms with Crippen LogP contribution in [-0.2, 0) is 0 Å². The van der Waals surface area contributed by atoms with E-state index < -0.39 is 0 Å². The number of aromatic nitrogens is 4. The number of benzene rings is 1. The lowest BCUT2D eigenvalue weighted by atomic mass is 10.1. The summed E-state index contributed by atoms with van der Waals surface area (Å²) in [6, 6.07) is 5.96. The van der Waals surface area contributed by atoms with Crippen LogP contribution in [0.2, 0.25) is 10.2 Å². The molecule has 1 aliphatic carbocycles. The van der Waals surface area contributed by atoms with E-state index in [4.69, 9.17) is 27.9 Å². The first-order valence-corrected chi connectivity index (χ1v) is 9.92. The second kappa shape index (κ2) is 7.90. The summed E-state index contributed by atoms with van der Waals surface area (Å²) in [6.45, 7) is 0. The van der Waals surface area contributed by atoms with Crippen molar-refractivity contribution in [1.82, 2.24) is 19.6 Å². The molecule has 0 bridgehead atoms. The first-order valence-electron chi connectivity index (χ1n) is 9.17. The number of methoxy groups -OCH3 is 1. The van der Waals surface area contributed by atoms with Crippen molar-refractivity contribution in [3.8, 4) is 16.9 Å². The number of fused-ring (bicyclic) bond motifs is 1. The fourth-order valence-electron chi connectivity index (χ4n) is 3.64. The van der Waals surface area contributed by atoms with Crippen LogP contribution in [-0.4, -0.2) is 32.7 Å². The van der Waals surface area contributed by atoms with E-state index in [0.717, 1.165) is 29.8 Å². The summed E-state index contributed by atoms with van der Waals surface area (Å²) < 4.78 is 6.98. The van der Waals surface area contributed by atoms with Crippen LogP contribution in [0.15, 0.2) is 24.5 Å². The van der Waals surface area contributed by atoms with Crippen LogP contribution in [0, 0.1) is 0 Å². The topological polar surface area (TPSA) is 64.3 Å². The number of hydrogen-bond acceptors (Lipinski definition) is 5. The molecule has 0 atom stereocenters. The lowest BCUT2D eigenvalue weighted by Crippen LogP contribution is -2.21. The zero-order valence-electron chi connectivity index (χ0n) is 15.1. The molecule has 3 aromatic rings. The van der Waals surface area contributed by atoms with Crippen LogP contribution < -0.4 is 10.1 Å². The number of rotatable bonds is 4. The Kier molecular flexibility index (Phi) is 5.36. The van der Waals surface area contributed by atoms with Crippen molar-refractivity contribution in [1.29, 1.82) is 0 Å². The van der Waals surface area contributed by atoms with Gasteiger partial charge in [0.15, 0.2) is 0 Å². The van der Waals surface area contributed by atoms with E-state index in [1.807, 2.05) is 18.2 Å². The molecule has 0 spiro atoms. The normalized spacial score (nSPS) is 15.7. The van der Waals surface area contributed by atoms with E-state index in [9.17, 15) is 0 Å². The Labute approximate surface area is 167 Å². The van der Waals surface area contributed by atoms with Crippen LogP contribution in [0.5, 0.6) is 5.75 Å². The maximum atomic E-state index is 6.57. The molecular formula is C19H21Cl2N5O. The monoisotopic (exact) mass is 405 g/mol. The predicted octanol–water partition coefficient (Wildman–Crippen LogP) is 5.24. The van der Waals surface area contributed by atoms with E-state index in [1.165, 1.54) is 32.0 Å². The number of ether oxygens (including phenoxy) is 1. The minimum atomic E-state index is 0.367. The number of halogens is 2. The van der Waals surface area contributed by atoms with E-state index in [-0.39, 0.29) is 0 Å². The standard InChI is InChI=1S/C19H21Cl2N5O/c1-27-15-9-8-12(10-14(15)20)16-17(21)25-19-22-11-23-26(19)18(16)24-13-6-4-2-3-5-7-13/h8-11,13,24H,2-7H2,1H3. The molecule has 1 aromatic carbocycles. The molecule has 2 heterocycles. The van der Waals surface area contributed by atoms with E-state index in [1.54, 1.807) is 11.6 Å². The molecule has 1 aliphatic rings. The Balaban J connectivity index is 1.83. The third kappa shape index (κ3) is 3.69. The molecule has 0 aliphatic heterocycles. The lowest BCUT2D eigenvalue weighted by Gasteiger charge is -2.21. The zero-order valence-corrected chi connectivity index (χ0v) is 16.6. The van der Waals surface area contributed by atoms with Gasteiger partial charge < -0.3 is 10.1 Å². The third-order valence-electron chi connectivity index (χ3n) is 5.02. The Morgan fingerprint density at radius 3 is 2.63 bits per heavy atom. The van der Waals surface area contributed by atoms with Crippen molar-refractivity contribution in [3.63, 3.8) is 0 Å². The molecule has 4 rings (SSSR count). The number of nitrogens with zero attached hydrogens (tertiary/aromatic N) is 4. The first-order chi connectivity index (χ1) is 13.2. The summed E-state index contributed by atoms with van der Waals surface area (Å²) in [4.78, 5) is 8.60. The van der Waals surface area contributed by atoms with Gasteiger partial charge in [0.05, 0.1) is 17.7 Å². The van der Waals surface area contributed by atoms with Crippen molar-refractivity contribution < 1.29 is 4.74 Å². The number of hydrogen-bond donors (Lipinski definition) is 1. The highest BCUT2D eigenvalue weighted by Gasteiger charge is 2.21. The molecule has 6 nitrogen and oxygen atoms in total. The Hall–Kier alpha value is -2.05.